The van der Waals surface area contributed by atoms with Crippen molar-refractivity contribution in [3.63, 3.8) is 0 Å². The number of fused-ring (bicyclic) bond motifs is 2. The molecule has 6 aromatic rings. The molecule has 0 atom stereocenters. The first kappa shape index (κ1) is 17.4. The minimum atomic E-state index is -0.269. The van der Waals surface area contributed by atoms with E-state index in [9.17, 15) is 4.39 Å². The van der Waals surface area contributed by atoms with E-state index in [0.29, 0.717) is 5.65 Å². The smallest absolute Gasteiger partial charge is 0.181 e. The quantitative estimate of drug-likeness (QED) is 0.441. The summed E-state index contributed by atoms with van der Waals surface area (Å²) in [6.45, 7) is 0. The lowest BCUT2D eigenvalue weighted by Crippen LogP contribution is -1.86. The summed E-state index contributed by atoms with van der Waals surface area (Å²) in [5, 5.41) is 9.28. The number of aromatic amines is 2. The molecule has 1 aromatic carbocycles. The number of rotatable bonds is 3. The maximum absolute atomic E-state index is 13.4. The van der Waals surface area contributed by atoms with Gasteiger partial charge in [0.15, 0.2) is 5.65 Å². The maximum Gasteiger partial charge on any atom is 0.181 e. The molecule has 7 nitrogen and oxygen atoms in total. The van der Waals surface area contributed by atoms with Crippen LogP contribution in [0.1, 0.15) is 0 Å². The van der Waals surface area contributed by atoms with E-state index in [4.69, 9.17) is 0 Å². The van der Waals surface area contributed by atoms with Gasteiger partial charge in [-0.25, -0.2) is 9.37 Å². The van der Waals surface area contributed by atoms with Crippen molar-refractivity contribution in [3.8, 4) is 33.8 Å². The zero-order valence-corrected chi connectivity index (χ0v) is 16.0. The number of pyridine rings is 2. The van der Waals surface area contributed by atoms with Crippen LogP contribution >= 0.6 is 0 Å². The average molecular weight is 407 g/mol. The summed E-state index contributed by atoms with van der Waals surface area (Å²) in [7, 11) is 0. The fourth-order valence-electron chi connectivity index (χ4n) is 3.74. The van der Waals surface area contributed by atoms with Gasteiger partial charge >= 0.3 is 0 Å². The average Bonchev–Trinajstić information content (AvgIpc) is 3.43. The van der Waals surface area contributed by atoms with Crippen molar-refractivity contribution in [2.45, 2.75) is 0 Å². The number of benzene rings is 1. The summed E-state index contributed by atoms with van der Waals surface area (Å²) in [5.74, 6) is -0.269. The monoisotopic (exact) mass is 407 g/mol. The van der Waals surface area contributed by atoms with Crippen LogP contribution in [-0.4, -0.2) is 35.1 Å². The van der Waals surface area contributed by atoms with Crippen molar-refractivity contribution in [1.29, 1.82) is 0 Å². The summed E-state index contributed by atoms with van der Waals surface area (Å²) in [6.07, 6.45) is 10.3. The van der Waals surface area contributed by atoms with Crippen LogP contribution in [0.2, 0.25) is 0 Å². The van der Waals surface area contributed by atoms with Gasteiger partial charge in [0.2, 0.25) is 0 Å². The third-order valence-corrected chi connectivity index (χ3v) is 5.24. The lowest BCUT2D eigenvalue weighted by Gasteiger charge is -2.02. The molecule has 0 spiro atoms. The predicted octanol–water partition coefficient (Wildman–Crippen LogP) is 4.76. The van der Waals surface area contributed by atoms with Crippen molar-refractivity contribution in [1.82, 2.24) is 35.1 Å². The topological polar surface area (TPSA) is 96.0 Å². The second kappa shape index (κ2) is 6.81. The fraction of sp³-hybridized carbons (Fsp3) is 0. The van der Waals surface area contributed by atoms with Crippen LogP contribution in [0.15, 0.2) is 73.6 Å². The first-order valence-electron chi connectivity index (χ1n) is 9.60. The van der Waals surface area contributed by atoms with Crippen LogP contribution in [0, 0.1) is 5.82 Å². The molecule has 0 amide bonds. The summed E-state index contributed by atoms with van der Waals surface area (Å²) in [4.78, 5) is 20.7. The van der Waals surface area contributed by atoms with E-state index in [0.717, 1.165) is 50.1 Å². The number of nitrogens with zero attached hydrogens (tertiary/aromatic N) is 5. The third-order valence-electron chi connectivity index (χ3n) is 5.24. The molecule has 0 bridgehead atoms. The predicted molar refractivity (Wildman–Crippen MR) is 115 cm³/mol. The van der Waals surface area contributed by atoms with Gasteiger partial charge in [-0.05, 0) is 29.8 Å². The van der Waals surface area contributed by atoms with Crippen LogP contribution in [0.5, 0.6) is 0 Å². The highest BCUT2D eigenvalue weighted by molar-refractivity contribution is 6.00. The summed E-state index contributed by atoms with van der Waals surface area (Å²) in [6, 6.07) is 10.4. The van der Waals surface area contributed by atoms with Crippen molar-refractivity contribution in [3.05, 3.63) is 79.4 Å². The van der Waals surface area contributed by atoms with Crippen molar-refractivity contribution in [2.24, 2.45) is 0 Å². The molecule has 148 valence electrons. The lowest BCUT2D eigenvalue weighted by molar-refractivity contribution is 0.628. The van der Waals surface area contributed by atoms with Gasteiger partial charge in [0.25, 0.3) is 0 Å². The molecule has 0 aliphatic rings. The number of nitrogens with one attached hydrogen (secondary N) is 2. The van der Waals surface area contributed by atoms with E-state index in [2.05, 4.69) is 35.1 Å². The molecule has 8 heteroatoms. The molecule has 31 heavy (non-hydrogen) atoms. The Bertz CT molecular complexity index is 1540. The second-order valence-electron chi connectivity index (χ2n) is 7.12. The summed E-state index contributed by atoms with van der Waals surface area (Å²) >= 11 is 0. The minimum Gasteiger partial charge on any atom is -0.352 e. The highest BCUT2D eigenvalue weighted by Crippen LogP contribution is 2.34. The first-order chi connectivity index (χ1) is 15.3. The van der Waals surface area contributed by atoms with Gasteiger partial charge in [-0.1, -0.05) is 12.1 Å². The molecule has 0 aliphatic carbocycles. The van der Waals surface area contributed by atoms with Gasteiger partial charge in [-0.15, -0.1) is 0 Å². The zero-order chi connectivity index (χ0) is 20.8. The van der Waals surface area contributed by atoms with E-state index in [1.54, 1.807) is 49.3 Å². The van der Waals surface area contributed by atoms with E-state index >= 15 is 0 Å². The minimum absolute atomic E-state index is 0.269. The van der Waals surface area contributed by atoms with Gasteiger partial charge in [-0.2, -0.15) is 5.10 Å². The lowest BCUT2D eigenvalue weighted by atomic mass is 10.0. The summed E-state index contributed by atoms with van der Waals surface area (Å²) < 4.78 is 13.4. The normalized spacial score (nSPS) is 11.4. The molecular formula is C23H14FN7. The Morgan fingerprint density at radius 1 is 0.774 bits per heavy atom. The van der Waals surface area contributed by atoms with E-state index < -0.39 is 0 Å². The Morgan fingerprint density at radius 3 is 2.52 bits per heavy atom. The fourth-order valence-corrected chi connectivity index (χ4v) is 3.74. The summed E-state index contributed by atoms with van der Waals surface area (Å²) in [5.41, 5.74) is 6.56. The molecule has 0 fully saturated rings. The standard InChI is InChI=1S/C23H14FN7/c24-15-3-1-13(2-4-15)18-10-26-12-21-16(18)8-19(29-21)22-17-7-14(9-28-23(17)31-30-22)20-11-25-5-6-27-20/h1-12,29H,(H,28,30,31). The van der Waals surface area contributed by atoms with Gasteiger partial charge in [0, 0.05) is 46.7 Å². The Morgan fingerprint density at radius 2 is 1.68 bits per heavy atom. The largest absolute Gasteiger partial charge is 0.352 e. The molecule has 0 radical (unpaired) electrons. The highest BCUT2D eigenvalue weighted by Gasteiger charge is 2.15. The van der Waals surface area contributed by atoms with E-state index in [1.165, 1.54) is 12.1 Å². The Hall–Kier alpha value is -4.46. The van der Waals surface area contributed by atoms with Crippen molar-refractivity contribution < 1.29 is 4.39 Å². The molecule has 5 aromatic heterocycles. The van der Waals surface area contributed by atoms with Crippen molar-refractivity contribution >= 4 is 21.9 Å². The Labute approximate surface area is 175 Å². The van der Waals surface area contributed by atoms with E-state index in [1.807, 2.05) is 12.1 Å². The first-order valence-corrected chi connectivity index (χ1v) is 9.60. The van der Waals surface area contributed by atoms with E-state index in [-0.39, 0.29) is 5.82 Å². The SMILES string of the molecule is Fc1ccc(-c2cncc3[nH]c(-c4[nH]nc5ncc(-c6cnccn6)cc45)cc23)cc1. The molecule has 0 saturated carbocycles. The van der Waals surface area contributed by atoms with Crippen LogP contribution in [0.3, 0.4) is 0 Å². The number of hydrogen-bond acceptors (Lipinski definition) is 5. The molecule has 6 rings (SSSR count). The molecule has 5 heterocycles. The number of halogens is 1. The Kier molecular flexibility index (Phi) is 3.82. The Balaban J connectivity index is 1.51. The second-order valence-corrected chi connectivity index (χ2v) is 7.12. The third kappa shape index (κ3) is 2.93. The number of H-pyrrole nitrogens is 2. The van der Waals surface area contributed by atoms with Gasteiger partial charge in [-0.3, -0.25) is 20.1 Å². The van der Waals surface area contributed by atoms with Crippen LogP contribution in [0.25, 0.3) is 55.7 Å². The van der Waals surface area contributed by atoms with Crippen LogP contribution < -0.4 is 0 Å². The van der Waals surface area contributed by atoms with Crippen LogP contribution in [0.4, 0.5) is 4.39 Å². The van der Waals surface area contributed by atoms with Crippen molar-refractivity contribution in [2.75, 3.05) is 0 Å². The van der Waals surface area contributed by atoms with Gasteiger partial charge < -0.3 is 4.98 Å². The van der Waals surface area contributed by atoms with Gasteiger partial charge in [0.1, 0.15) is 5.82 Å². The maximum atomic E-state index is 13.4. The molecule has 0 aliphatic heterocycles. The number of aromatic nitrogens is 7. The molecule has 0 saturated heterocycles. The number of hydrogen-bond donors (Lipinski definition) is 2. The zero-order valence-electron chi connectivity index (χ0n) is 16.0. The molecule has 0 unspecified atom stereocenters. The molecular weight excluding hydrogens is 393 g/mol. The molecule has 2 N–H and O–H groups in total. The van der Waals surface area contributed by atoms with Crippen LogP contribution in [-0.2, 0) is 0 Å². The van der Waals surface area contributed by atoms with Gasteiger partial charge in [0.05, 0.1) is 35.0 Å². The highest BCUT2D eigenvalue weighted by atomic mass is 19.1.